The minimum atomic E-state index is -0.545. The molecule has 6 nitrogen and oxygen atoms in total. The summed E-state index contributed by atoms with van der Waals surface area (Å²) >= 11 is 7.26. The van der Waals surface area contributed by atoms with Crippen LogP contribution in [0, 0.1) is 5.92 Å². The second kappa shape index (κ2) is 10.4. The van der Waals surface area contributed by atoms with Crippen LogP contribution in [0.1, 0.15) is 46.1 Å². The standard InChI is InChI=1S/C28H27N3O3S2/c1-18(32)21-9-5-10-23(14-21)29-27(34)26(20-7-3-2-4-8-20)36-28(35)30-15-19-13-22(17-30)24-11-6-12-25(33)31(24)16-19/h2-12,14,19,22,26H,13,15-17H2,1H3,(H,29,34)/t19-,22-,26-/m0/s1. The number of hydrogen-bond acceptors (Lipinski definition) is 5. The van der Waals surface area contributed by atoms with Crippen molar-refractivity contribution in [2.75, 3.05) is 18.4 Å². The molecule has 3 atom stereocenters. The molecule has 2 aliphatic rings. The molecule has 0 unspecified atom stereocenters. The molecule has 0 spiro atoms. The number of pyridine rings is 1. The number of piperidine rings is 1. The number of anilines is 1. The fraction of sp³-hybridized carbons (Fsp3) is 0.286. The number of benzene rings is 2. The van der Waals surface area contributed by atoms with E-state index in [1.807, 2.05) is 47.0 Å². The number of carbonyl (C=O) groups is 2. The summed E-state index contributed by atoms with van der Waals surface area (Å²) in [6.07, 6.45) is 1.04. The quantitative estimate of drug-likeness (QED) is 0.385. The van der Waals surface area contributed by atoms with Crippen molar-refractivity contribution in [2.24, 2.45) is 5.92 Å². The van der Waals surface area contributed by atoms with E-state index in [-0.39, 0.29) is 23.2 Å². The maximum atomic E-state index is 13.5. The summed E-state index contributed by atoms with van der Waals surface area (Å²) in [6.45, 7) is 3.71. The first-order valence-electron chi connectivity index (χ1n) is 12.0. The molecule has 0 aliphatic carbocycles. The van der Waals surface area contributed by atoms with Crippen LogP contribution in [0.3, 0.4) is 0 Å². The van der Waals surface area contributed by atoms with Crippen LogP contribution >= 0.6 is 24.0 Å². The number of fused-ring (bicyclic) bond motifs is 4. The lowest BCUT2D eigenvalue weighted by Gasteiger charge is -2.43. The van der Waals surface area contributed by atoms with E-state index < -0.39 is 5.25 Å². The third-order valence-corrected chi connectivity index (χ3v) is 8.56. The van der Waals surface area contributed by atoms with Gasteiger partial charge in [-0.25, -0.2) is 0 Å². The highest BCUT2D eigenvalue weighted by Crippen LogP contribution is 2.39. The molecule has 2 bridgehead atoms. The number of aromatic nitrogens is 1. The van der Waals surface area contributed by atoms with Gasteiger partial charge in [0.15, 0.2) is 5.78 Å². The molecule has 0 saturated carbocycles. The van der Waals surface area contributed by atoms with Gasteiger partial charge in [-0.3, -0.25) is 14.4 Å². The number of hydrogen-bond donors (Lipinski definition) is 1. The molecule has 1 amide bonds. The van der Waals surface area contributed by atoms with Gasteiger partial charge < -0.3 is 14.8 Å². The fourth-order valence-electron chi connectivity index (χ4n) is 5.15. The van der Waals surface area contributed by atoms with E-state index in [1.165, 1.54) is 18.7 Å². The van der Waals surface area contributed by atoms with Crippen molar-refractivity contribution in [2.45, 2.75) is 31.1 Å². The molecule has 1 fully saturated rings. The SMILES string of the molecule is CC(=O)c1cccc(NC(=O)[C@@H](SC(=S)N2C[C@@H]3C[C@@H](C2)c2cccc(=O)n2C3)c2ccccc2)c1. The summed E-state index contributed by atoms with van der Waals surface area (Å²) in [5.74, 6) is 0.334. The third-order valence-electron chi connectivity index (χ3n) is 6.83. The second-order valence-corrected chi connectivity index (χ2v) is 11.1. The molecule has 1 N–H and O–H groups in total. The Balaban J connectivity index is 1.35. The van der Waals surface area contributed by atoms with Crippen molar-refractivity contribution < 1.29 is 9.59 Å². The van der Waals surface area contributed by atoms with Crippen LogP contribution in [0.2, 0.25) is 0 Å². The van der Waals surface area contributed by atoms with Crippen molar-refractivity contribution in [3.05, 3.63) is 100.0 Å². The predicted molar refractivity (Wildman–Crippen MR) is 148 cm³/mol. The van der Waals surface area contributed by atoms with Crippen molar-refractivity contribution in [1.29, 1.82) is 0 Å². The van der Waals surface area contributed by atoms with Crippen LogP contribution in [-0.4, -0.2) is 38.6 Å². The zero-order chi connectivity index (χ0) is 25.2. The van der Waals surface area contributed by atoms with Crippen LogP contribution < -0.4 is 10.9 Å². The molecule has 2 aliphatic heterocycles. The van der Waals surface area contributed by atoms with E-state index in [9.17, 15) is 14.4 Å². The zero-order valence-corrected chi connectivity index (χ0v) is 21.6. The van der Waals surface area contributed by atoms with Crippen LogP contribution in [0.25, 0.3) is 0 Å². The Kier molecular flexibility index (Phi) is 7.07. The Morgan fingerprint density at radius 1 is 1.00 bits per heavy atom. The maximum absolute atomic E-state index is 13.5. The minimum absolute atomic E-state index is 0.0549. The number of rotatable bonds is 5. The van der Waals surface area contributed by atoms with Gasteiger partial charge in [0.2, 0.25) is 5.91 Å². The third kappa shape index (κ3) is 5.15. The number of thioether (sulfide) groups is 1. The summed E-state index contributed by atoms with van der Waals surface area (Å²) < 4.78 is 2.58. The van der Waals surface area contributed by atoms with Crippen LogP contribution in [0.5, 0.6) is 0 Å². The van der Waals surface area contributed by atoms with Gasteiger partial charge in [-0.05, 0) is 43.0 Å². The Morgan fingerprint density at radius 2 is 1.78 bits per heavy atom. The Morgan fingerprint density at radius 3 is 2.56 bits per heavy atom. The first kappa shape index (κ1) is 24.5. The fourth-order valence-corrected chi connectivity index (χ4v) is 6.54. The Hall–Kier alpha value is -3.23. The molecule has 36 heavy (non-hydrogen) atoms. The number of likely N-dealkylation sites (tertiary alicyclic amines) is 1. The van der Waals surface area contributed by atoms with Gasteiger partial charge in [0.25, 0.3) is 5.56 Å². The van der Waals surface area contributed by atoms with Crippen molar-refractivity contribution in [3.63, 3.8) is 0 Å². The predicted octanol–water partition coefficient (Wildman–Crippen LogP) is 4.87. The summed E-state index contributed by atoms with van der Waals surface area (Å²) in [5.41, 5.74) is 3.11. The first-order valence-corrected chi connectivity index (χ1v) is 13.3. The molecule has 3 aromatic rings. The lowest BCUT2D eigenvalue weighted by atomic mass is 9.83. The Bertz CT molecular complexity index is 1370. The molecular weight excluding hydrogens is 490 g/mol. The number of thiocarbonyl (C=S) groups is 1. The van der Waals surface area contributed by atoms with Crippen molar-refractivity contribution in [3.8, 4) is 0 Å². The maximum Gasteiger partial charge on any atom is 0.250 e. The number of nitrogens with one attached hydrogen (secondary N) is 1. The van der Waals surface area contributed by atoms with Gasteiger partial charge in [-0.1, -0.05) is 72.5 Å². The summed E-state index contributed by atoms with van der Waals surface area (Å²) in [4.78, 5) is 39.8. The zero-order valence-electron chi connectivity index (χ0n) is 19.9. The second-order valence-electron chi connectivity index (χ2n) is 9.40. The number of carbonyl (C=O) groups excluding carboxylic acids is 2. The van der Waals surface area contributed by atoms with Gasteiger partial charge in [-0.15, -0.1) is 0 Å². The van der Waals surface area contributed by atoms with E-state index in [0.717, 1.165) is 30.8 Å². The highest BCUT2D eigenvalue weighted by Gasteiger charge is 2.36. The van der Waals surface area contributed by atoms with Crippen LogP contribution in [-0.2, 0) is 11.3 Å². The largest absolute Gasteiger partial charge is 0.356 e. The average Bonchev–Trinajstić information content (AvgIpc) is 2.88. The van der Waals surface area contributed by atoms with Gasteiger partial charge >= 0.3 is 0 Å². The minimum Gasteiger partial charge on any atom is -0.356 e. The molecule has 3 heterocycles. The van der Waals surface area contributed by atoms with E-state index in [2.05, 4.69) is 10.2 Å². The number of nitrogens with zero attached hydrogens (tertiary/aromatic N) is 2. The number of Topliss-reactive ketones (excluding diaryl/α,β-unsaturated/α-hetero) is 1. The van der Waals surface area contributed by atoms with E-state index in [4.69, 9.17) is 12.2 Å². The summed E-state index contributed by atoms with van der Waals surface area (Å²) in [5, 5.41) is 2.43. The lowest BCUT2D eigenvalue weighted by molar-refractivity contribution is -0.115. The van der Waals surface area contributed by atoms with Crippen LogP contribution in [0.15, 0.2) is 77.6 Å². The molecular formula is C28H27N3O3S2. The van der Waals surface area contributed by atoms with E-state index in [1.54, 1.807) is 30.3 Å². The average molecular weight is 518 g/mol. The van der Waals surface area contributed by atoms with Crippen LogP contribution in [0.4, 0.5) is 5.69 Å². The lowest BCUT2D eigenvalue weighted by Crippen LogP contribution is -2.48. The molecule has 1 saturated heterocycles. The molecule has 2 aromatic carbocycles. The highest BCUT2D eigenvalue weighted by atomic mass is 32.2. The number of ketones is 1. The summed E-state index contributed by atoms with van der Waals surface area (Å²) in [7, 11) is 0. The smallest absolute Gasteiger partial charge is 0.250 e. The molecule has 5 rings (SSSR count). The number of amides is 1. The van der Waals surface area contributed by atoms with Gasteiger partial charge in [-0.2, -0.15) is 0 Å². The van der Waals surface area contributed by atoms with Gasteiger partial charge in [0, 0.05) is 48.6 Å². The molecule has 8 heteroatoms. The first-order chi connectivity index (χ1) is 17.4. The topological polar surface area (TPSA) is 71.4 Å². The van der Waals surface area contributed by atoms with Gasteiger partial charge in [0.05, 0.1) is 0 Å². The van der Waals surface area contributed by atoms with E-state index in [0.29, 0.717) is 28.0 Å². The summed E-state index contributed by atoms with van der Waals surface area (Å²) in [6, 6.07) is 22.1. The van der Waals surface area contributed by atoms with E-state index >= 15 is 0 Å². The Labute approximate surface area is 219 Å². The van der Waals surface area contributed by atoms with Gasteiger partial charge in [0.1, 0.15) is 9.57 Å². The molecule has 0 radical (unpaired) electrons. The van der Waals surface area contributed by atoms with Crippen molar-refractivity contribution >= 4 is 45.7 Å². The highest BCUT2D eigenvalue weighted by molar-refractivity contribution is 8.23. The van der Waals surface area contributed by atoms with Crippen molar-refractivity contribution in [1.82, 2.24) is 9.47 Å². The normalized spacial score (nSPS) is 19.2. The molecule has 184 valence electrons. The molecule has 1 aromatic heterocycles. The monoisotopic (exact) mass is 517 g/mol.